The molecule has 0 saturated carbocycles. The lowest BCUT2D eigenvalue weighted by molar-refractivity contribution is 0.785. The molecule has 0 aliphatic heterocycles. The Bertz CT molecular complexity index is 884. The van der Waals surface area contributed by atoms with E-state index in [1.54, 1.807) is 24.3 Å². The molecule has 0 atom stereocenters. The highest BCUT2D eigenvalue weighted by molar-refractivity contribution is 14.0. The number of hydrogen-bond acceptors (Lipinski definition) is 6. The molecule has 28 heavy (non-hydrogen) atoms. The summed E-state index contributed by atoms with van der Waals surface area (Å²) < 4.78 is 1.74. The summed E-state index contributed by atoms with van der Waals surface area (Å²) in [5.74, 6) is 2.56. The fourth-order valence-corrected chi connectivity index (χ4v) is 3.33. The van der Waals surface area contributed by atoms with Gasteiger partial charge in [-0.1, -0.05) is 18.2 Å². The summed E-state index contributed by atoms with van der Waals surface area (Å²) in [4.78, 5) is 14.1. The van der Waals surface area contributed by atoms with Gasteiger partial charge in [0.1, 0.15) is 12.1 Å². The number of fused-ring (bicyclic) bond motifs is 1. The van der Waals surface area contributed by atoms with Crippen molar-refractivity contribution < 1.29 is 0 Å². The summed E-state index contributed by atoms with van der Waals surface area (Å²) in [5, 5.41) is 15.1. The van der Waals surface area contributed by atoms with Gasteiger partial charge in [-0.2, -0.15) is 5.10 Å². The van der Waals surface area contributed by atoms with Gasteiger partial charge in [0.15, 0.2) is 11.6 Å². The van der Waals surface area contributed by atoms with Crippen LogP contribution in [0.1, 0.15) is 0 Å². The standard InChI is InChI=1S/C18H24N8S.HI/c1-19-18(22-10-11-27-14-6-4-3-5-7-14)21-9-8-20-16-15-12-25-26(2)17(15)24-13-23-16;/h3-7,12-13H,8-11H2,1-2H3,(H2,19,21,22)(H,20,23,24);1H. The maximum absolute atomic E-state index is 4.29. The highest BCUT2D eigenvalue weighted by Gasteiger charge is 2.07. The van der Waals surface area contributed by atoms with Crippen LogP contribution in [0.15, 0.2) is 52.7 Å². The first-order valence-electron chi connectivity index (χ1n) is 8.77. The Morgan fingerprint density at radius 1 is 1.11 bits per heavy atom. The predicted octanol–water partition coefficient (Wildman–Crippen LogP) is 2.35. The largest absolute Gasteiger partial charge is 0.368 e. The van der Waals surface area contributed by atoms with E-state index in [0.29, 0.717) is 6.54 Å². The molecular formula is C18H25IN8S. The monoisotopic (exact) mass is 512 g/mol. The number of rotatable bonds is 8. The first kappa shape index (κ1) is 22.2. The average molecular weight is 512 g/mol. The van der Waals surface area contributed by atoms with Crippen LogP contribution in [0.4, 0.5) is 5.82 Å². The van der Waals surface area contributed by atoms with Gasteiger partial charge >= 0.3 is 0 Å². The number of aryl methyl sites for hydroxylation is 1. The Balaban J connectivity index is 0.00000280. The van der Waals surface area contributed by atoms with E-state index in [-0.39, 0.29) is 24.0 Å². The third-order valence-electron chi connectivity index (χ3n) is 3.87. The minimum Gasteiger partial charge on any atom is -0.368 e. The topological polar surface area (TPSA) is 92.1 Å². The third kappa shape index (κ3) is 6.23. The van der Waals surface area contributed by atoms with Crippen LogP contribution < -0.4 is 16.0 Å². The van der Waals surface area contributed by atoms with Gasteiger partial charge in [-0.15, -0.1) is 35.7 Å². The molecule has 0 bridgehead atoms. The van der Waals surface area contributed by atoms with Crippen molar-refractivity contribution in [3.63, 3.8) is 0 Å². The van der Waals surface area contributed by atoms with E-state index in [1.165, 1.54) is 4.90 Å². The van der Waals surface area contributed by atoms with E-state index < -0.39 is 0 Å². The Morgan fingerprint density at radius 3 is 2.68 bits per heavy atom. The minimum atomic E-state index is 0. The number of benzene rings is 1. The quantitative estimate of drug-likeness (QED) is 0.140. The van der Waals surface area contributed by atoms with Crippen molar-refractivity contribution in [3.05, 3.63) is 42.9 Å². The van der Waals surface area contributed by atoms with Gasteiger partial charge in [0.25, 0.3) is 0 Å². The van der Waals surface area contributed by atoms with Gasteiger partial charge < -0.3 is 16.0 Å². The zero-order valence-electron chi connectivity index (χ0n) is 15.9. The molecule has 0 aliphatic carbocycles. The zero-order chi connectivity index (χ0) is 18.9. The van der Waals surface area contributed by atoms with Crippen molar-refractivity contribution in [2.24, 2.45) is 12.0 Å². The molecule has 0 amide bonds. The van der Waals surface area contributed by atoms with Crippen LogP contribution in [0.2, 0.25) is 0 Å². The molecule has 2 aromatic heterocycles. The van der Waals surface area contributed by atoms with Crippen molar-refractivity contribution in [2.75, 3.05) is 37.8 Å². The van der Waals surface area contributed by atoms with Crippen molar-refractivity contribution in [1.82, 2.24) is 30.4 Å². The van der Waals surface area contributed by atoms with Crippen LogP contribution in [0, 0.1) is 0 Å². The smallest absolute Gasteiger partial charge is 0.191 e. The number of hydrogen-bond donors (Lipinski definition) is 3. The van der Waals surface area contributed by atoms with Gasteiger partial charge in [0.05, 0.1) is 11.6 Å². The van der Waals surface area contributed by atoms with E-state index in [1.807, 2.05) is 24.9 Å². The Hall–Kier alpha value is -2.08. The van der Waals surface area contributed by atoms with E-state index in [9.17, 15) is 0 Å². The lowest BCUT2D eigenvalue weighted by atomic mass is 10.4. The first-order valence-corrected chi connectivity index (χ1v) is 9.75. The van der Waals surface area contributed by atoms with Crippen LogP contribution >= 0.6 is 35.7 Å². The molecule has 1 aromatic carbocycles. The minimum absolute atomic E-state index is 0. The second-order valence-corrected chi connectivity index (χ2v) is 6.91. The maximum atomic E-state index is 4.29. The van der Waals surface area contributed by atoms with Crippen molar-refractivity contribution in [2.45, 2.75) is 4.90 Å². The number of halogens is 1. The van der Waals surface area contributed by atoms with E-state index in [2.05, 4.69) is 60.3 Å². The summed E-state index contributed by atoms with van der Waals surface area (Å²) in [7, 11) is 3.64. The molecule has 150 valence electrons. The molecule has 0 radical (unpaired) electrons. The number of guanidine groups is 1. The second kappa shape index (κ2) is 11.7. The van der Waals surface area contributed by atoms with Crippen LogP contribution in [0.3, 0.4) is 0 Å². The summed E-state index contributed by atoms with van der Waals surface area (Å²) in [5.41, 5.74) is 0.814. The molecule has 8 nitrogen and oxygen atoms in total. The summed E-state index contributed by atoms with van der Waals surface area (Å²) >= 11 is 1.82. The number of nitrogens with one attached hydrogen (secondary N) is 3. The van der Waals surface area contributed by atoms with Crippen molar-refractivity contribution >= 4 is 58.5 Å². The average Bonchev–Trinajstić information content (AvgIpc) is 3.09. The van der Waals surface area contributed by atoms with Crippen molar-refractivity contribution in [3.8, 4) is 0 Å². The third-order valence-corrected chi connectivity index (χ3v) is 4.88. The number of aromatic nitrogens is 4. The van der Waals surface area contributed by atoms with Crippen LogP contribution in [-0.2, 0) is 7.05 Å². The molecule has 0 spiro atoms. The van der Waals surface area contributed by atoms with E-state index in [4.69, 9.17) is 0 Å². The lowest BCUT2D eigenvalue weighted by Crippen LogP contribution is -2.40. The summed E-state index contributed by atoms with van der Waals surface area (Å²) in [6, 6.07) is 10.4. The van der Waals surface area contributed by atoms with Crippen LogP contribution in [0.25, 0.3) is 11.0 Å². The SMILES string of the molecule is CN=C(NCCNc1ncnc2c1cnn2C)NCCSc1ccccc1.I. The fourth-order valence-electron chi connectivity index (χ4n) is 2.54. The molecule has 3 rings (SSSR count). The lowest BCUT2D eigenvalue weighted by Gasteiger charge is -2.12. The van der Waals surface area contributed by atoms with Gasteiger partial charge in [-0.25, -0.2) is 9.97 Å². The second-order valence-electron chi connectivity index (χ2n) is 5.74. The number of thioether (sulfide) groups is 1. The molecule has 0 unspecified atom stereocenters. The van der Waals surface area contributed by atoms with Gasteiger partial charge in [-0.05, 0) is 12.1 Å². The number of aliphatic imine (C=N–C) groups is 1. The summed E-state index contributed by atoms with van der Waals surface area (Å²) in [6.07, 6.45) is 3.32. The number of nitrogens with zero attached hydrogens (tertiary/aromatic N) is 5. The fraction of sp³-hybridized carbons (Fsp3) is 0.333. The van der Waals surface area contributed by atoms with E-state index >= 15 is 0 Å². The van der Waals surface area contributed by atoms with Crippen LogP contribution in [0.5, 0.6) is 0 Å². The number of anilines is 1. The van der Waals surface area contributed by atoms with Gasteiger partial charge in [-0.3, -0.25) is 9.67 Å². The normalized spacial score (nSPS) is 11.1. The summed E-state index contributed by atoms with van der Waals surface area (Å²) in [6.45, 7) is 2.27. The first-order chi connectivity index (χ1) is 13.3. The predicted molar refractivity (Wildman–Crippen MR) is 127 cm³/mol. The molecular weight excluding hydrogens is 487 g/mol. The Morgan fingerprint density at radius 2 is 1.89 bits per heavy atom. The Labute approximate surface area is 186 Å². The highest BCUT2D eigenvalue weighted by Crippen LogP contribution is 2.17. The van der Waals surface area contributed by atoms with E-state index in [0.717, 1.165) is 41.7 Å². The Kier molecular flexibility index (Phi) is 9.28. The molecule has 10 heteroatoms. The maximum Gasteiger partial charge on any atom is 0.191 e. The zero-order valence-corrected chi connectivity index (χ0v) is 19.1. The molecule has 3 aromatic rings. The molecule has 0 saturated heterocycles. The molecule has 0 fully saturated rings. The van der Waals surface area contributed by atoms with Gasteiger partial charge in [0, 0.05) is 44.4 Å². The molecule has 3 N–H and O–H groups in total. The van der Waals surface area contributed by atoms with Gasteiger partial charge in [0.2, 0.25) is 0 Å². The molecule has 2 heterocycles. The van der Waals surface area contributed by atoms with Crippen molar-refractivity contribution in [1.29, 1.82) is 0 Å². The van der Waals surface area contributed by atoms with Crippen LogP contribution in [-0.4, -0.2) is 58.1 Å². The highest BCUT2D eigenvalue weighted by atomic mass is 127. The molecule has 0 aliphatic rings.